The minimum atomic E-state index is 0.288. The highest BCUT2D eigenvalue weighted by atomic mass is 35.5. The van der Waals surface area contributed by atoms with Gasteiger partial charge in [-0.05, 0) is 22.7 Å². The first-order valence-corrected chi connectivity index (χ1v) is 5.40. The number of rotatable bonds is 3. The van der Waals surface area contributed by atoms with Crippen molar-refractivity contribution in [3.63, 3.8) is 0 Å². The minimum absolute atomic E-state index is 0.288. The zero-order chi connectivity index (χ0) is 11.5. The molecular formula is C11H13ClN4. The van der Waals surface area contributed by atoms with E-state index in [9.17, 15) is 0 Å². The van der Waals surface area contributed by atoms with E-state index < -0.39 is 0 Å². The summed E-state index contributed by atoms with van der Waals surface area (Å²) in [4.78, 5) is 4.14. The van der Waals surface area contributed by atoms with Crippen LogP contribution >= 0.6 is 11.6 Å². The first-order valence-electron chi connectivity index (χ1n) is 5.02. The highest BCUT2D eigenvalue weighted by molar-refractivity contribution is 6.28. The molecule has 0 saturated carbocycles. The molecule has 0 aliphatic rings. The predicted molar refractivity (Wildman–Crippen MR) is 63.2 cm³/mol. The van der Waals surface area contributed by atoms with E-state index in [4.69, 9.17) is 17.3 Å². The van der Waals surface area contributed by atoms with Crippen molar-refractivity contribution in [3.05, 3.63) is 46.5 Å². The molecule has 0 aliphatic carbocycles. The van der Waals surface area contributed by atoms with Crippen molar-refractivity contribution in [2.75, 3.05) is 0 Å². The van der Waals surface area contributed by atoms with E-state index in [1.54, 1.807) is 4.68 Å². The van der Waals surface area contributed by atoms with Gasteiger partial charge in [0.1, 0.15) is 5.82 Å². The van der Waals surface area contributed by atoms with Gasteiger partial charge in [0.25, 0.3) is 0 Å². The fraction of sp³-hybridized carbons (Fsp3) is 0.273. The van der Waals surface area contributed by atoms with Crippen LogP contribution in [0.25, 0.3) is 0 Å². The van der Waals surface area contributed by atoms with E-state index in [1.165, 1.54) is 5.56 Å². The maximum atomic E-state index is 5.72. The average Bonchev–Trinajstić information content (AvgIpc) is 2.59. The average molecular weight is 237 g/mol. The molecule has 1 aromatic heterocycles. The third-order valence-electron chi connectivity index (χ3n) is 2.45. The van der Waals surface area contributed by atoms with Crippen LogP contribution in [0.5, 0.6) is 0 Å². The molecule has 0 unspecified atom stereocenters. The number of benzene rings is 1. The molecule has 2 N–H and O–H groups in total. The molecule has 0 radical (unpaired) electrons. The summed E-state index contributed by atoms with van der Waals surface area (Å²) in [5, 5.41) is 4.28. The third-order valence-corrected chi connectivity index (χ3v) is 2.61. The molecule has 4 nitrogen and oxygen atoms in total. The van der Waals surface area contributed by atoms with Crippen LogP contribution in [0.4, 0.5) is 0 Å². The monoisotopic (exact) mass is 236 g/mol. The zero-order valence-electron chi connectivity index (χ0n) is 9.02. The summed E-state index contributed by atoms with van der Waals surface area (Å²) in [5.74, 6) is 0.852. The van der Waals surface area contributed by atoms with Crippen LogP contribution in [-0.4, -0.2) is 14.8 Å². The van der Waals surface area contributed by atoms with Crippen LogP contribution in [0, 0.1) is 0 Å². The Labute approximate surface area is 99.1 Å². The molecule has 1 heterocycles. The Bertz CT molecular complexity index is 475. The molecular weight excluding hydrogens is 224 g/mol. The molecule has 5 heteroatoms. The Kier molecular flexibility index (Phi) is 3.22. The summed E-state index contributed by atoms with van der Waals surface area (Å²) >= 11 is 5.72. The minimum Gasteiger partial charge on any atom is -0.326 e. The molecule has 0 aliphatic heterocycles. The van der Waals surface area contributed by atoms with Gasteiger partial charge in [-0.3, -0.25) is 4.68 Å². The van der Waals surface area contributed by atoms with E-state index in [0.717, 1.165) is 17.8 Å². The molecule has 0 fully saturated rings. The van der Waals surface area contributed by atoms with E-state index in [2.05, 4.69) is 10.1 Å². The molecule has 0 spiro atoms. The molecule has 2 rings (SSSR count). The Morgan fingerprint density at radius 1 is 1.25 bits per heavy atom. The first-order chi connectivity index (χ1) is 7.69. The number of nitrogens with zero attached hydrogens (tertiary/aromatic N) is 3. The number of hydrogen-bond acceptors (Lipinski definition) is 3. The van der Waals surface area contributed by atoms with Gasteiger partial charge in [0.05, 0.1) is 0 Å². The normalized spacial score (nSPS) is 10.7. The number of hydrogen-bond donors (Lipinski definition) is 1. The molecule has 0 saturated heterocycles. The molecule has 0 atom stereocenters. The topological polar surface area (TPSA) is 56.7 Å². The fourth-order valence-electron chi connectivity index (χ4n) is 1.51. The lowest BCUT2D eigenvalue weighted by atomic mass is 10.1. The van der Waals surface area contributed by atoms with Crippen molar-refractivity contribution in [2.24, 2.45) is 12.8 Å². The van der Waals surface area contributed by atoms with Crippen molar-refractivity contribution in [1.82, 2.24) is 14.8 Å². The Hall–Kier alpha value is -1.39. The summed E-state index contributed by atoms with van der Waals surface area (Å²) in [6.45, 7) is 0.566. The van der Waals surface area contributed by atoms with Gasteiger partial charge in [-0.1, -0.05) is 24.3 Å². The standard InChI is InChI=1S/C11H13ClN4/c1-16-10(14-11(12)15-16)6-8-2-4-9(7-13)5-3-8/h2-5H,6-7,13H2,1H3. The highest BCUT2D eigenvalue weighted by Gasteiger charge is 2.05. The number of aryl methyl sites for hydroxylation is 1. The highest BCUT2D eigenvalue weighted by Crippen LogP contribution is 2.10. The van der Waals surface area contributed by atoms with Crippen LogP contribution in [0.2, 0.25) is 5.28 Å². The molecule has 2 aromatic rings. The SMILES string of the molecule is Cn1nc(Cl)nc1Cc1ccc(CN)cc1. The quantitative estimate of drug-likeness (QED) is 0.879. The van der Waals surface area contributed by atoms with E-state index >= 15 is 0 Å². The van der Waals surface area contributed by atoms with E-state index in [0.29, 0.717) is 6.54 Å². The summed E-state index contributed by atoms with van der Waals surface area (Å²) < 4.78 is 1.69. The fourth-order valence-corrected chi connectivity index (χ4v) is 1.72. The van der Waals surface area contributed by atoms with E-state index in [1.807, 2.05) is 31.3 Å². The van der Waals surface area contributed by atoms with Crippen molar-refractivity contribution < 1.29 is 0 Å². The predicted octanol–water partition coefficient (Wildman–Crippen LogP) is 1.52. The van der Waals surface area contributed by atoms with Gasteiger partial charge in [0.15, 0.2) is 0 Å². The summed E-state index contributed by atoms with van der Waals surface area (Å²) in [6.07, 6.45) is 0.723. The molecule has 16 heavy (non-hydrogen) atoms. The van der Waals surface area contributed by atoms with Crippen LogP contribution in [0.15, 0.2) is 24.3 Å². The van der Waals surface area contributed by atoms with Crippen molar-refractivity contribution in [2.45, 2.75) is 13.0 Å². The van der Waals surface area contributed by atoms with Gasteiger partial charge in [0.2, 0.25) is 5.28 Å². The Balaban J connectivity index is 2.17. The Morgan fingerprint density at radius 2 is 1.88 bits per heavy atom. The first kappa shape index (κ1) is 11.1. The zero-order valence-corrected chi connectivity index (χ0v) is 9.78. The van der Waals surface area contributed by atoms with Crippen LogP contribution in [0.1, 0.15) is 17.0 Å². The number of halogens is 1. The van der Waals surface area contributed by atoms with Gasteiger partial charge >= 0.3 is 0 Å². The lowest BCUT2D eigenvalue weighted by Crippen LogP contribution is -2.01. The molecule has 84 valence electrons. The second kappa shape index (κ2) is 4.63. The van der Waals surface area contributed by atoms with Gasteiger partial charge < -0.3 is 5.73 Å². The summed E-state index contributed by atoms with van der Waals surface area (Å²) in [5.41, 5.74) is 7.83. The van der Waals surface area contributed by atoms with Crippen molar-refractivity contribution in [3.8, 4) is 0 Å². The van der Waals surface area contributed by atoms with E-state index in [-0.39, 0.29) is 5.28 Å². The largest absolute Gasteiger partial charge is 0.326 e. The molecule has 0 amide bonds. The Morgan fingerprint density at radius 3 is 2.38 bits per heavy atom. The van der Waals surface area contributed by atoms with Gasteiger partial charge in [-0.25, -0.2) is 4.98 Å². The maximum absolute atomic E-state index is 5.72. The van der Waals surface area contributed by atoms with Gasteiger partial charge in [0, 0.05) is 20.0 Å². The lowest BCUT2D eigenvalue weighted by molar-refractivity contribution is 0.716. The second-order valence-electron chi connectivity index (χ2n) is 3.62. The van der Waals surface area contributed by atoms with Crippen LogP contribution in [0.3, 0.4) is 0 Å². The van der Waals surface area contributed by atoms with Crippen LogP contribution in [-0.2, 0) is 20.0 Å². The summed E-state index contributed by atoms with van der Waals surface area (Å²) in [6, 6.07) is 8.14. The van der Waals surface area contributed by atoms with Crippen molar-refractivity contribution >= 4 is 11.6 Å². The molecule has 1 aromatic carbocycles. The lowest BCUT2D eigenvalue weighted by Gasteiger charge is -2.02. The number of nitrogens with two attached hydrogens (primary N) is 1. The van der Waals surface area contributed by atoms with Gasteiger partial charge in [-0.2, -0.15) is 0 Å². The third kappa shape index (κ3) is 2.40. The number of aromatic nitrogens is 3. The maximum Gasteiger partial charge on any atom is 0.242 e. The van der Waals surface area contributed by atoms with Crippen LogP contribution < -0.4 is 5.73 Å². The second-order valence-corrected chi connectivity index (χ2v) is 3.96. The van der Waals surface area contributed by atoms with Crippen molar-refractivity contribution in [1.29, 1.82) is 0 Å². The van der Waals surface area contributed by atoms with Gasteiger partial charge in [-0.15, -0.1) is 5.10 Å². The summed E-state index contributed by atoms with van der Waals surface area (Å²) in [7, 11) is 1.84. The smallest absolute Gasteiger partial charge is 0.242 e. The molecule has 0 bridgehead atoms.